The minimum absolute atomic E-state index is 0.635. The number of hydrogen-bond donors (Lipinski definition) is 0. The first-order valence-corrected chi connectivity index (χ1v) is 20.7. The predicted molar refractivity (Wildman–Crippen MR) is 250 cm³/mol. The fourth-order valence-electron chi connectivity index (χ4n) is 8.86. The zero-order valence-corrected chi connectivity index (χ0v) is 32.6. The molecule has 0 fully saturated rings. The molecule has 0 unspecified atom stereocenters. The summed E-state index contributed by atoms with van der Waals surface area (Å²) < 4.78 is 2.41. The molecule has 0 saturated heterocycles. The Labute approximate surface area is 344 Å². The van der Waals surface area contributed by atoms with Crippen molar-refractivity contribution in [1.82, 2.24) is 15.0 Å². The molecule has 2 aromatic heterocycles. The molecule has 4 heteroatoms. The largest absolute Gasteiger partial charge is 0.208 e. The third kappa shape index (κ3) is 5.60. The van der Waals surface area contributed by atoms with E-state index in [-0.39, 0.29) is 0 Å². The van der Waals surface area contributed by atoms with Crippen LogP contribution in [0.3, 0.4) is 0 Å². The van der Waals surface area contributed by atoms with Crippen molar-refractivity contribution in [2.24, 2.45) is 0 Å². The molecule has 0 aliphatic carbocycles. The number of fused-ring (bicyclic) bond motifs is 8. The molecular weight excluding hydrogens is 735 g/mol. The highest BCUT2D eigenvalue weighted by atomic mass is 32.1. The minimum atomic E-state index is 0.635. The van der Waals surface area contributed by atoms with Gasteiger partial charge in [0.15, 0.2) is 17.5 Å². The van der Waals surface area contributed by atoms with Gasteiger partial charge in [0.25, 0.3) is 0 Å². The van der Waals surface area contributed by atoms with Gasteiger partial charge in [0.1, 0.15) is 0 Å². The molecule has 0 spiro atoms. The van der Waals surface area contributed by atoms with Crippen molar-refractivity contribution in [2.45, 2.75) is 0 Å². The van der Waals surface area contributed by atoms with Crippen molar-refractivity contribution in [3.63, 3.8) is 0 Å². The Morgan fingerprint density at radius 2 is 0.881 bits per heavy atom. The van der Waals surface area contributed by atoms with Gasteiger partial charge in [-0.3, -0.25) is 0 Å². The summed E-state index contributed by atoms with van der Waals surface area (Å²) in [6.07, 6.45) is 0. The molecule has 0 atom stereocenters. The van der Waals surface area contributed by atoms with Gasteiger partial charge in [0.05, 0.1) is 0 Å². The predicted octanol–water partition coefficient (Wildman–Crippen LogP) is 15.2. The molecule has 3 nitrogen and oxygen atoms in total. The second kappa shape index (κ2) is 13.6. The van der Waals surface area contributed by atoms with Crippen molar-refractivity contribution in [2.75, 3.05) is 0 Å². The van der Waals surface area contributed by atoms with Crippen LogP contribution in [-0.2, 0) is 0 Å². The highest BCUT2D eigenvalue weighted by Gasteiger charge is 2.22. The van der Waals surface area contributed by atoms with Gasteiger partial charge < -0.3 is 0 Å². The Kier molecular flexibility index (Phi) is 7.72. The van der Waals surface area contributed by atoms with Gasteiger partial charge >= 0.3 is 0 Å². The van der Waals surface area contributed by atoms with Crippen molar-refractivity contribution < 1.29 is 0 Å². The topological polar surface area (TPSA) is 38.7 Å². The summed E-state index contributed by atoms with van der Waals surface area (Å²) in [5, 5.41) is 12.0. The smallest absolute Gasteiger partial charge is 0.165 e. The lowest BCUT2D eigenvalue weighted by atomic mass is 9.88. The van der Waals surface area contributed by atoms with Crippen LogP contribution >= 0.6 is 11.3 Å². The van der Waals surface area contributed by atoms with E-state index in [1.54, 1.807) is 11.3 Å². The lowest BCUT2D eigenvalue weighted by molar-refractivity contribution is 1.08. The van der Waals surface area contributed by atoms with Crippen LogP contribution < -0.4 is 0 Å². The zero-order valence-electron chi connectivity index (χ0n) is 31.8. The third-order valence-electron chi connectivity index (χ3n) is 11.7. The maximum Gasteiger partial charge on any atom is 0.165 e. The van der Waals surface area contributed by atoms with Crippen LogP contribution in [-0.4, -0.2) is 15.0 Å². The minimum Gasteiger partial charge on any atom is -0.208 e. The lowest BCUT2D eigenvalue weighted by Crippen LogP contribution is -2.02. The van der Waals surface area contributed by atoms with Crippen molar-refractivity contribution in [1.29, 1.82) is 0 Å². The Morgan fingerprint density at radius 3 is 1.73 bits per heavy atom. The lowest BCUT2D eigenvalue weighted by Gasteiger charge is -2.17. The van der Waals surface area contributed by atoms with Gasteiger partial charge in [-0.15, -0.1) is 11.3 Å². The van der Waals surface area contributed by atoms with E-state index in [1.165, 1.54) is 58.1 Å². The third-order valence-corrected chi connectivity index (χ3v) is 12.9. The molecule has 10 aromatic carbocycles. The van der Waals surface area contributed by atoms with E-state index in [1.807, 2.05) is 0 Å². The molecule has 0 amide bonds. The van der Waals surface area contributed by atoms with Crippen LogP contribution in [0.5, 0.6) is 0 Å². The van der Waals surface area contributed by atoms with Gasteiger partial charge in [-0.1, -0.05) is 176 Å². The average molecular weight is 768 g/mol. The van der Waals surface area contributed by atoms with Gasteiger partial charge in [0.2, 0.25) is 0 Å². The number of aromatic nitrogens is 3. The quantitative estimate of drug-likeness (QED) is 0.164. The molecule has 59 heavy (non-hydrogen) atoms. The second-order valence-corrected chi connectivity index (χ2v) is 16.2. The highest BCUT2D eigenvalue weighted by Crippen LogP contribution is 2.44. The first-order valence-electron chi connectivity index (χ1n) is 19.9. The molecule has 0 N–H and O–H groups in total. The Bertz CT molecular complexity index is 3620. The van der Waals surface area contributed by atoms with E-state index in [2.05, 4.69) is 200 Å². The Hall–Kier alpha value is -7.53. The molecule has 0 aliphatic heterocycles. The van der Waals surface area contributed by atoms with Crippen molar-refractivity contribution in [3.8, 4) is 56.4 Å². The SMILES string of the molecule is c1ccc2cc(-c3ccc(-c4nc(-c5c(-c6cc7ccccc7c7ccccc67)ccc6ccccc56)nc(-c5cccc6c5sc5ccccc56)n4)cc3)ccc2c1. The fourth-order valence-corrected chi connectivity index (χ4v) is 10.1. The second-order valence-electron chi connectivity index (χ2n) is 15.1. The van der Waals surface area contributed by atoms with Gasteiger partial charge in [0, 0.05) is 36.9 Å². The molecule has 0 saturated carbocycles. The summed E-state index contributed by atoms with van der Waals surface area (Å²) >= 11 is 1.79. The summed E-state index contributed by atoms with van der Waals surface area (Å²) in [6.45, 7) is 0. The number of rotatable bonds is 5. The van der Waals surface area contributed by atoms with E-state index < -0.39 is 0 Å². The Balaban J connectivity index is 1.12. The normalized spacial score (nSPS) is 11.7. The molecule has 12 rings (SSSR count). The molecular formula is C55H33N3S. The van der Waals surface area contributed by atoms with E-state index >= 15 is 0 Å². The van der Waals surface area contributed by atoms with E-state index in [9.17, 15) is 0 Å². The standard InChI is InChI=1S/C55H33N3S/c1-2-14-38-32-39(29-26-34(38)12-1)35-24-27-37(28-25-35)53-56-54(48-22-11-21-47-45-20-9-10-23-50(45)59-52(47)48)58-55(57-53)51-42-17-6-3-13-36(42)30-31-46(51)49-33-40-15-4-5-16-41(40)43-18-7-8-19-44(43)49/h1-33H. The van der Waals surface area contributed by atoms with E-state index in [0.29, 0.717) is 17.5 Å². The fraction of sp³-hybridized carbons (Fsp3) is 0. The van der Waals surface area contributed by atoms with Crippen molar-refractivity contribution >= 4 is 74.6 Å². The summed E-state index contributed by atoms with van der Waals surface area (Å²) in [4.78, 5) is 16.2. The summed E-state index contributed by atoms with van der Waals surface area (Å²) in [5.41, 5.74) is 7.47. The van der Waals surface area contributed by atoms with Crippen LogP contribution in [0.1, 0.15) is 0 Å². The van der Waals surface area contributed by atoms with Crippen LogP contribution in [0.4, 0.5) is 0 Å². The van der Waals surface area contributed by atoms with E-state index in [0.717, 1.165) is 44.2 Å². The average Bonchev–Trinajstić information content (AvgIpc) is 3.70. The molecule has 0 radical (unpaired) electrons. The summed E-state index contributed by atoms with van der Waals surface area (Å²) in [7, 11) is 0. The maximum absolute atomic E-state index is 5.48. The first kappa shape index (κ1) is 33.6. The number of nitrogens with zero attached hydrogens (tertiary/aromatic N) is 3. The number of benzene rings is 10. The molecule has 2 heterocycles. The van der Waals surface area contributed by atoms with Crippen LogP contribution in [0, 0.1) is 0 Å². The van der Waals surface area contributed by atoms with Crippen LogP contribution in [0.2, 0.25) is 0 Å². The summed E-state index contributed by atoms with van der Waals surface area (Å²) in [6, 6.07) is 71.7. The van der Waals surface area contributed by atoms with Crippen molar-refractivity contribution in [3.05, 3.63) is 200 Å². The molecule has 274 valence electrons. The van der Waals surface area contributed by atoms with Gasteiger partial charge in [-0.25, -0.2) is 15.0 Å². The van der Waals surface area contributed by atoms with E-state index in [4.69, 9.17) is 15.0 Å². The van der Waals surface area contributed by atoms with Gasteiger partial charge in [-0.05, 0) is 89.6 Å². The highest BCUT2D eigenvalue weighted by molar-refractivity contribution is 7.26. The van der Waals surface area contributed by atoms with Gasteiger partial charge in [-0.2, -0.15) is 0 Å². The van der Waals surface area contributed by atoms with Crippen LogP contribution in [0.15, 0.2) is 200 Å². The monoisotopic (exact) mass is 767 g/mol. The zero-order chi connectivity index (χ0) is 38.9. The molecule has 0 bridgehead atoms. The Morgan fingerprint density at radius 1 is 0.288 bits per heavy atom. The number of hydrogen-bond acceptors (Lipinski definition) is 4. The summed E-state index contributed by atoms with van der Waals surface area (Å²) in [5.74, 6) is 1.93. The first-order chi connectivity index (χ1) is 29.2. The molecule has 12 aromatic rings. The van der Waals surface area contributed by atoms with Crippen LogP contribution in [0.25, 0.3) is 120 Å². The maximum atomic E-state index is 5.48. The number of thiophene rings is 1. The molecule has 0 aliphatic rings.